The van der Waals surface area contributed by atoms with Crippen molar-refractivity contribution in [3.8, 4) is 0 Å². The molecular weight excluding hydrogens is 352 g/mol. The number of fused-ring (bicyclic) bond motifs is 1. The normalized spacial score (nSPS) is 23.0. The molecule has 1 aliphatic carbocycles. The van der Waals surface area contributed by atoms with Gasteiger partial charge < -0.3 is 4.90 Å². The Morgan fingerprint density at radius 1 is 1.07 bits per heavy atom. The van der Waals surface area contributed by atoms with Gasteiger partial charge in [-0.15, -0.1) is 11.3 Å². The van der Waals surface area contributed by atoms with Crippen LogP contribution in [0.5, 0.6) is 0 Å². The third-order valence-corrected chi connectivity index (χ3v) is 7.23. The van der Waals surface area contributed by atoms with Crippen molar-refractivity contribution in [3.05, 3.63) is 63.9 Å². The molecule has 5 rings (SSSR count). The highest BCUT2D eigenvalue weighted by Crippen LogP contribution is 2.48. The molecule has 140 valence electrons. The predicted molar refractivity (Wildman–Crippen MR) is 111 cm³/mol. The number of hydrogen-bond donors (Lipinski definition) is 0. The maximum absolute atomic E-state index is 13.0. The largest absolute Gasteiger partial charge is 0.338 e. The van der Waals surface area contributed by atoms with Gasteiger partial charge in [0, 0.05) is 30.6 Å². The lowest BCUT2D eigenvalue weighted by Crippen LogP contribution is -2.45. The van der Waals surface area contributed by atoms with Crippen LogP contribution in [0.3, 0.4) is 0 Å². The van der Waals surface area contributed by atoms with Crippen molar-refractivity contribution in [1.82, 2.24) is 9.80 Å². The van der Waals surface area contributed by atoms with Crippen molar-refractivity contribution in [1.29, 1.82) is 0 Å². The molecule has 0 unspecified atom stereocenters. The maximum Gasteiger partial charge on any atom is 0.237 e. The third-order valence-electron chi connectivity index (χ3n) is 6.23. The Balaban J connectivity index is 1.25. The molecule has 0 saturated heterocycles. The van der Waals surface area contributed by atoms with Gasteiger partial charge in [-0.1, -0.05) is 36.4 Å². The molecule has 27 heavy (non-hydrogen) atoms. The topological polar surface area (TPSA) is 23.6 Å². The molecule has 0 radical (unpaired) electrons. The summed E-state index contributed by atoms with van der Waals surface area (Å²) >= 11 is 1.89. The van der Waals surface area contributed by atoms with Gasteiger partial charge in [0.25, 0.3) is 0 Å². The monoisotopic (exact) mass is 378 g/mol. The number of carbonyl (C=O) groups is 1. The molecule has 1 fully saturated rings. The zero-order chi connectivity index (χ0) is 18.2. The smallest absolute Gasteiger partial charge is 0.237 e. The van der Waals surface area contributed by atoms with Gasteiger partial charge >= 0.3 is 0 Å². The Labute approximate surface area is 165 Å². The minimum atomic E-state index is 0.294. The molecule has 0 spiro atoms. The van der Waals surface area contributed by atoms with Gasteiger partial charge in [0.15, 0.2) is 0 Å². The first-order valence-electron chi connectivity index (χ1n) is 10.1. The standard InChI is InChI=1S/C23H26N2OS/c26-22(24-12-8-18(9-13-24)17-4-2-1-3-5-17)16-25-14-10-21-20(11-15-27-21)23(25)19-6-7-19/h1-5,8,11,15,19,23H,6-7,9-10,12-14,16H2/t23-/m0/s1. The molecule has 1 saturated carbocycles. The lowest BCUT2D eigenvalue weighted by molar-refractivity contribution is -0.132. The minimum Gasteiger partial charge on any atom is -0.338 e. The molecule has 1 amide bonds. The van der Waals surface area contributed by atoms with Gasteiger partial charge in [0.1, 0.15) is 0 Å². The van der Waals surface area contributed by atoms with E-state index in [0.717, 1.165) is 38.4 Å². The first kappa shape index (κ1) is 17.2. The fraction of sp³-hybridized carbons (Fsp3) is 0.435. The summed E-state index contributed by atoms with van der Waals surface area (Å²) in [6.45, 7) is 3.18. The summed E-state index contributed by atoms with van der Waals surface area (Å²) in [5, 5.41) is 2.23. The molecule has 1 aromatic heterocycles. The number of hydrogen-bond acceptors (Lipinski definition) is 3. The first-order valence-corrected chi connectivity index (χ1v) is 11.0. The number of carbonyl (C=O) groups excluding carboxylic acids is 1. The predicted octanol–water partition coefficient (Wildman–Crippen LogP) is 4.37. The summed E-state index contributed by atoms with van der Waals surface area (Å²) in [6.07, 6.45) is 6.93. The van der Waals surface area contributed by atoms with E-state index < -0.39 is 0 Å². The van der Waals surface area contributed by atoms with Gasteiger partial charge in [-0.2, -0.15) is 0 Å². The van der Waals surface area contributed by atoms with Crippen LogP contribution in [0.15, 0.2) is 47.9 Å². The van der Waals surface area contributed by atoms with Gasteiger partial charge in [0.2, 0.25) is 5.91 Å². The minimum absolute atomic E-state index is 0.294. The van der Waals surface area contributed by atoms with Crippen molar-refractivity contribution in [2.45, 2.75) is 31.7 Å². The zero-order valence-electron chi connectivity index (χ0n) is 15.6. The number of amides is 1. The Kier molecular flexibility index (Phi) is 4.62. The van der Waals surface area contributed by atoms with Gasteiger partial charge in [0.05, 0.1) is 6.54 Å². The molecule has 2 aliphatic heterocycles. The number of thiophene rings is 1. The Morgan fingerprint density at radius 3 is 2.67 bits per heavy atom. The highest BCUT2D eigenvalue weighted by molar-refractivity contribution is 7.10. The Hall–Kier alpha value is -1.91. The third kappa shape index (κ3) is 3.48. The Morgan fingerprint density at radius 2 is 1.93 bits per heavy atom. The van der Waals surface area contributed by atoms with Gasteiger partial charge in [-0.3, -0.25) is 9.69 Å². The second-order valence-corrected chi connectivity index (χ2v) is 8.99. The molecule has 3 nitrogen and oxygen atoms in total. The fourth-order valence-electron chi connectivity index (χ4n) is 4.62. The average Bonchev–Trinajstić information content (AvgIpc) is 3.44. The summed E-state index contributed by atoms with van der Waals surface area (Å²) in [7, 11) is 0. The number of nitrogens with zero attached hydrogens (tertiary/aromatic N) is 2. The molecule has 3 aliphatic rings. The van der Waals surface area contributed by atoms with E-state index in [0.29, 0.717) is 18.5 Å². The first-order chi connectivity index (χ1) is 13.3. The summed E-state index contributed by atoms with van der Waals surface area (Å²) in [6, 6.07) is 13.3. The van der Waals surface area contributed by atoms with E-state index in [4.69, 9.17) is 0 Å². The maximum atomic E-state index is 13.0. The number of rotatable bonds is 4. The summed E-state index contributed by atoms with van der Waals surface area (Å²) in [5.74, 6) is 1.06. The quantitative estimate of drug-likeness (QED) is 0.789. The lowest BCUT2D eigenvalue weighted by atomic mass is 9.95. The van der Waals surface area contributed by atoms with Crippen LogP contribution >= 0.6 is 11.3 Å². The lowest BCUT2D eigenvalue weighted by Gasteiger charge is -2.37. The van der Waals surface area contributed by atoms with Crippen molar-refractivity contribution in [3.63, 3.8) is 0 Å². The van der Waals surface area contributed by atoms with Crippen LogP contribution in [0.25, 0.3) is 5.57 Å². The van der Waals surface area contributed by atoms with E-state index in [2.05, 4.69) is 52.8 Å². The van der Waals surface area contributed by atoms with E-state index in [9.17, 15) is 4.79 Å². The highest BCUT2D eigenvalue weighted by atomic mass is 32.1. The Bertz CT molecular complexity index is 852. The molecular formula is C23H26N2OS. The van der Waals surface area contributed by atoms with Crippen LogP contribution in [0.1, 0.15) is 41.3 Å². The van der Waals surface area contributed by atoms with Crippen LogP contribution in [-0.4, -0.2) is 41.9 Å². The average molecular weight is 379 g/mol. The van der Waals surface area contributed by atoms with Crippen molar-refractivity contribution >= 4 is 22.8 Å². The molecule has 1 aromatic carbocycles. The van der Waals surface area contributed by atoms with E-state index >= 15 is 0 Å². The number of benzene rings is 1. The molecule has 4 heteroatoms. The zero-order valence-corrected chi connectivity index (χ0v) is 16.5. The molecule has 0 bridgehead atoms. The van der Waals surface area contributed by atoms with E-state index in [1.807, 2.05) is 16.2 Å². The van der Waals surface area contributed by atoms with Crippen molar-refractivity contribution in [2.75, 3.05) is 26.2 Å². The molecule has 0 N–H and O–H groups in total. The summed E-state index contributed by atoms with van der Waals surface area (Å²) < 4.78 is 0. The molecule has 2 aromatic rings. The summed E-state index contributed by atoms with van der Waals surface area (Å²) in [4.78, 5) is 19.1. The summed E-state index contributed by atoms with van der Waals surface area (Å²) in [5.41, 5.74) is 4.17. The highest BCUT2D eigenvalue weighted by Gasteiger charge is 2.40. The van der Waals surface area contributed by atoms with E-state index in [-0.39, 0.29) is 0 Å². The fourth-order valence-corrected chi connectivity index (χ4v) is 5.54. The van der Waals surface area contributed by atoms with Crippen molar-refractivity contribution < 1.29 is 4.79 Å². The van der Waals surface area contributed by atoms with Crippen LogP contribution in [-0.2, 0) is 11.2 Å². The van der Waals surface area contributed by atoms with Crippen LogP contribution < -0.4 is 0 Å². The van der Waals surface area contributed by atoms with Gasteiger partial charge in [-0.25, -0.2) is 0 Å². The molecule has 3 heterocycles. The SMILES string of the molecule is O=C(CN1CCc2sccc2[C@@H]1C1CC1)N1CC=C(c2ccccc2)CC1. The van der Waals surface area contributed by atoms with Crippen molar-refractivity contribution in [2.24, 2.45) is 5.92 Å². The second kappa shape index (κ2) is 7.25. The van der Waals surface area contributed by atoms with Crippen LogP contribution in [0.4, 0.5) is 0 Å². The second-order valence-electron chi connectivity index (χ2n) is 7.99. The van der Waals surface area contributed by atoms with Gasteiger partial charge in [-0.05, 0) is 59.7 Å². The van der Waals surface area contributed by atoms with Crippen LogP contribution in [0, 0.1) is 5.92 Å². The van der Waals surface area contributed by atoms with E-state index in [1.165, 1.54) is 29.5 Å². The molecule has 1 atom stereocenters. The van der Waals surface area contributed by atoms with E-state index in [1.54, 1.807) is 4.88 Å². The van der Waals surface area contributed by atoms with Crippen LogP contribution in [0.2, 0.25) is 0 Å².